The SMILES string of the molecule is CCCNC(=O)[C@H]1CCCN1Cc1sc2ccccc2c1Cl. The van der Waals surface area contributed by atoms with Gasteiger partial charge in [0.15, 0.2) is 0 Å². The number of benzene rings is 1. The molecule has 2 aromatic rings. The number of halogens is 1. The number of hydrogen-bond donors (Lipinski definition) is 1. The molecule has 22 heavy (non-hydrogen) atoms. The molecule has 118 valence electrons. The Hall–Kier alpha value is -1.10. The molecule has 0 saturated carbocycles. The van der Waals surface area contributed by atoms with Crippen LogP contribution in [0.5, 0.6) is 0 Å². The van der Waals surface area contributed by atoms with Crippen LogP contribution in [0, 0.1) is 0 Å². The number of thiophene rings is 1. The largest absolute Gasteiger partial charge is 0.355 e. The molecular formula is C17H21ClN2OS. The van der Waals surface area contributed by atoms with E-state index in [1.807, 2.05) is 12.1 Å². The maximum absolute atomic E-state index is 12.3. The number of likely N-dealkylation sites (tertiary alicyclic amines) is 1. The van der Waals surface area contributed by atoms with Crippen molar-refractivity contribution in [2.24, 2.45) is 0 Å². The van der Waals surface area contributed by atoms with E-state index in [9.17, 15) is 4.79 Å². The minimum Gasteiger partial charge on any atom is -0.355 e. The standard InChI is InChI=1S/C17H21ClN2OS/c1-2-9-19-17(21)13-7-5-10-20(13)11-15-16(18)12-6-3-4-8-14(12)22-15/h3-4,6,8,13H,2,5,7,9-11H2,1H3,(H,19,21)/t13-/m1/s1. The number of nitrogens with zero attached hydrogens (tertiary/aromatic N) is 1. The fourth-order valence-corrected chi connectivity index (χ4v) is 4.55. The van der Waals surface area contributed by atoms with Gasteiger partial charge in [-0.2, -0.15) is 0 Å². The summed E-state index contributed by atoms with van der Waals surface area (Å²) in [6.45, 7) is 4.56. The summed E-state index contributed by atoms with van der Waals surface area (Å²) in [5.74, 6) is 0.164. The molecule has 0 bridgehead atoms. The van der Waals surface area contributed by atoms with Gasteiger partial charge >= 0.3 is 0 Å². The average Bonchev–Trinajstić information content (AvgIpc) is 3.11. The fourth-order valence-electron chi connectivity index (χ4n) is 3.03. The van der Waals surface area contributed by atoms with E-state index in [0.29, 0.717) is 0 Å². The van der Waals surface area contributed by atoms with E-state index in [-0.39, 0.29) is 11.9 Å². The van der Waals surface area contributed by atoms with Gasteiger partial charge in [0.1, 0.15) is 0 Å². The Kier molecular flexibility index (Phi) is 5.01. The van der Waals surface area contributed by atoms with Crippen LogP contribution in [-0.2, 0) is 11.3 Å². The minimum absolute atomic E-state index is 0.00664. The number of rotatable bonds is 5. The molecule has 0 spiro atoms. The molecule has 1 atom stereocenters. The molecule has 0 radical (unpaired) electrons. The summed E-state index contributed by atoms with van der Waals surface area (Å²) in [5, 5.41) is 4.99. The minimum atomic E-state index is -0.00664. The van der Waals surface area contributed by atoms with Crippen molar-refractivity contribution in [2.75, 3.05) is 13.1 Å². The van der Waals surface area contributed by atoms with E-state index >= 15 is 0 Å². The van der Waals surface area contributed by atoms with Crippen molar-refractivity contribution in [3.05, 3.63) is 34.2 Å². The van der Waals surface area contributed by atoms with Gasteiger partial charge in [-0.05, 0) is 31.9 Å². The smallest absolute Gasteiger partial charge is 0.237 e. The van der Waals surface area contributed by atoms with E-state index in [0.717, 1.165) is 54.2 Å². The molecule has 1 saturated heterocycles. The Morgan fingerprint density at radius 1 is 1.45 bits per heavy atom. The first-order valence-corrected chi connectivity index (χ1v) is 9.07. The Morgan fingerprint density at radius 3 is 3.05 bits per heavy atom. The lowest BCUT2D eigenvalue weighted by Crippen LogP contribution is -2.43. The van der Waals surface area contributed by atoms with Crippen molar-refractivity contribution in [3.63, 3.8) is 0 Å². The molecule has 0 unspecified atom stereocenters. The lowest BCUT2D eigenvalue weighted by molar-refractivity contribution is -0.125. The third kappa shape index (κ3) is 3.14. The maximum Gasteiger partial charge on any atom is 0.237 e. The molecule has 1 aliphatic rings. The van der Waals surface area contributed by atoms with Gasteiger partial charge in [-0.3, -0.25) is 9.69 Å². The summed E-state index contributed by atoms with van der Waals surface area (Å²) in [5.41, 5.74) is 0. The highest BCUT2D eigenvalue weighted by Crippen LogP contribution is 2.36. The van der Waals surface area contributed by atoms with Crippen molar-refractivity contribution in [1.29, 1.82) is 0 Å². The molecule has 3 nitrogen and oxygen atoms in total. The molecule has 1 aliphatic heterocycles. The zero-order valence-corrected chi connectivity index (χ0v) is 14.3. The first kappa shape index (κ1) is 15.8. The Bertz CT molecular complexity index is 670. The first-order valence-electron chi connectivity index (χ1n) is 7.88. The highest BCUT2D eigenvalue weighted by molar-refractivity contribution is 7.19. The molecule has 1 amide bonds. The number of carbonyl (C=O) groups is 1. The second-order valence-electron chi connectivity index (χ2n) is 5.75. The van der Waals surface area contributed by atoms with Gasteiger partial charge in [0, 0.05) is 28.1 Å². The van der Waals surface area contributed by atoms with Crippen LogP contribution in [0.4, 0.5) is 0 Å². The van der Waals surface area contributed by atoms with Gasteiger partial charge < -0.3 is 5.32 Å². The van der Waals surface area contributed by atoms with Crippen molar-refractivity contribution >= 4 is 38.9 Å². The van der Waals surface area contributed by atoms with Gasteiger partial charge in [0.25, 0.3) is 0 Å². The van der Waals surface area contributed by atoms with Crippen LogP contribution >= 0.6 is 22.9 Å². The molecule has 1 aromatic carbocycles. The predicted octanol–water partition coefficient (Wildman–Crippen LogP) is 4.05. The lowest BCUT2D eigenvalue weighted by Gasteiger charge is -2.23. The Balaban J connectivity index is 1.75. The highest BCUT2D eigenvalue weighted by Gasteiger charge is 2.31. The summed E-state index contributed by atoms with van der Waals surface area (Å²) >= 11 is 8.27. The quantitative estimate of drug-likeness (QED) is 0.893. The molecule has 3 rings (SSSR count). The average molecular weight is 337 g/mol. The molecule has 1 fully saturated rings. The van der Waals surface area contributed by atoms with Crippen LogP contribution in [0.15, 0.2) is 24.3 Å². The summed E-state index contributed by atoms with van der Waals surface area (Å²) in [6, 6.07) is 8.21. The molecular weight excluding hydrogens is 316 g/mol. The number of amides is 1. The van der Waals surface area contributed by atoms with Crippen LogP contribution in [0.1, 0.15) is 31.1 Å². The van der Waals surface area contributed by atoms with E-state index in [1.165, 1.54) is 4.70 Å². The third-order valence-corrected chi connectivity index (χ3v) is 5.86. The predicted molar refractivity (Wildman–Crippen MR) is 93.6 cm³/mol. The fraction of sp³-hybridized carbons (Fsp3) is 0.471. The highest BCUT2D eigenvalue weighted by atomic mass is 35.5. The van der Waals surface area contributed by atoms with Crippen LogP contribution in [0.25, 0.3) is 10.1 Å². The van der Waals surface area contributed by atoms with Crippen LogP contribution < -0.4 is 5.32 Å². The molecule has 1 N–H and O–H groups in total. The summed E-state index contributed by atoms with van der Waals surface area (Å²) in [4.78, 5) is 15.7. The van der Waals surface area contributed by atoms with Gasteiger partial charge in [-0.25, -0.2) is 0 Å². The molecule has 5 heteroatoms. The van der Waals surface area contributed by atoms with Crippen molar-refractivity contribution in [2.45, 2.75) is 38.8 Å². The van der Waals surface area contributed by atoms with Gasteiger partial charge in [0.2, 0.25) is 5.91 Å². The van der Waals surface area contributed by atoms with E-state index in [4.69, 9.17) is 11.6 Å². The van der Waals surface area contributed by atoms with Gasteiger partial charge in [-0.1, -0.05) is 36.7 Å². The van der Waals surface area contributed by atoms with Crippen LogP contribution in [0.3, 0.4) is 0 Å². The van der Waals surface area contributed by atoms with Crippen molar-refractivity contribution in [1.82, 2.24) is 10.2 Å². The first-order chi connectivity index (χ1) is 10.7. The number of fused-ring (bicyclic) bond motifs is 1. The summed E-state index contributed by atoms with van der Waals surface area (Å²) < 4.78 is 1.22. The van der Waals surface area contributed by atoms with Crippen molar-refractivity contribution < 1.29 is 4.79 Å². The van der Waals surface area contributed by atoms with E-state index < -0.39 is 0 Å². The number of nitrogens with one attached hydrogen (secondary N) is 1. The van der Waals surface area contributed by atoms with Crippen molar-refractivity contribution in [3.8, 4) is 0 Å². The second kappa shape index (κ2) is 6.99. The summed E-state index contributed by atoms with van der Waals surface area (Å²) in [6.07, 6.45) is 2.99. The second-order valence-corrected chi connectivity index (χ2v) is 7.27. The molecule has 0 aliphatic carbocycles. The maximum atomic E-state index is 12.3. The summed E-state index contributed by atoms with van der Waals surface area (Å²) in [7, 11) is 0. The number of hydrogen-bond acceptors (Lipinski definition) is 3. The van der Waals surface area contributed by atoms with E-state index in [1.54, 1.807) is 11.3 Å². The Morgan fingerprint density at radius 2 is 2.27 bits per heavy atom. The van der Waals surface area contributed by atoms with Crippen LogP contribution in [0.2, 0.25) is 5.02 Å². The molecule has 1 aromatic heterocycles. The molecule has 2 heterocycles. The zero-order valence-electron chi connectivity index (χ0n) is 12.8. The topological polar surface area (TPSA) is 32.3 Å². The Labute approximate surface area is 140 Å². The number of carbonyl (C=O) groups excluding carboxylic acids is 1. The van der Waals surface area contributed by atoms with Gasteiger partial charge in [0.05, 0.1) is 11.1 Å². The third-order valence-electron chi connectivity index (χ3n) is 4.16. The zero-order chi connectivity index (χ0) is 15.5. The van der Waals surface area contributed by atoms with Crippen LogP contribution in [-0.4, -0.2) is 29.9 Å². The van der Waals surface area contributed by atoms with E-state index in [2.05, 4.69) is 29.3 Å². The monoisotopic (exact) mass is 336 g/mol. The van der Waals surface area contributed by atoms with Gasteiger partial charge in [-0.15, -0.1) is 11.3 Å². The normalized spacial score (nSPS) is 18.9. The lowest BCUT2D eigenvalue weighted by atomic mass is 10.2.